The molecule has 0 bridgehead atoms. The van der Waals surface area contributed by atoms with Gasteiger partial charge in [0, 0.05) is 38.6 Å². The summed E-state index contributed by atoms with van der Waals surface area (Å²) in [6.07, 6.45) is 1.63. The lowest BCUT2D eigenvalue weighted by molar-refractivity contribution is -0.136. The van der Waals surface area contributed by atoms with Gasteiger partial charge in [-0.15, -0.1) is 0 Å². The van der Waals surface area contributed by atoms with Gasteiger partial charge in [-0.1, -0.05) is 18.2 Å². The van der Waals surface area contributed by atoms with Gasteiger partial charge < -0.3 is 20.6 Å². The van der Waals surface area contributed by atoms with Crippen molar-refractivity contribution in [2.24, 2.45) is 0 Å². The van der Waals surface area contributed by atoms with Gasteiger partial charge in [0.25, 0.3) is 0 Å². The summed E-state index contributed by atoms with van der Waals surface area (Å²) in [6.45, 7) is 0.247. The van der Waals surface area contributed by atoms with Crippen LogP contribution in [0, 0.1) is 0 Å². The molecule has 32 heavy (non-hydrogen) atoms. The number of carbonyl (C=O) groups is 2. The highest BCUT2D eigenvalue weighted by molar-refractivity contribution is 7.92. The quantitative estimate of drug-likeness (QED) is 0.559. The second kappa shape index (κ2) is 9.58. The molecule has 1 unspecified atom stereocenters. The molecular formula is C22H28N4O5S. The third kappa shape index (κ3) is 5.57. The van der Waals surface area contributed by atoms with Crippen LogP contribution >= 0.6 is 0 Å². The predicted molar refractivity (Wildman–Crippen MR) is 124 cm³/mol. The van der Waals surface area contributed by atoms with Gasteiger partial charge in [-0.05, 0) is 48.2 Å². The van der Waals surface area contributed by atoms with E-state index in [0.717, 1.165) is 23.9 Å². The Hall–Kier alpha value is -3.11. The van der Waals surface area contributed by atoms with Crippen LogP contribution in [-0.4, -0.2) is 58.8 Å². The number of aliphatic hydroxyl groups excluding tert-OH is 1. The third-order valence-electron chi connectivity index (χ3n) is 5.28. The Bertz CT molecular complexity index is 1100. The summed E-state index contributed by atoms with van der Waals surface area (Å²) in [7, 11) is 0.374. The molecule has 0 aliphatic carbocycles. The van der Waals surface area contributed by atoms with E-state index in [4.69, 9.17) is 0 Å². The van der Waals surface area contributed by atoms with Crippen LogP contribution in [0.3, 0.4) is 0 Å². The smallest absolute Gasteiger partial charge is 0.313 e. The van der Waals surface area contributed by atoms with Gasteiger partial charge >= 0.3 is 11.8 Å². The first kappa shape index (κ1) is 23.6. The molecule has 3 N–H and O–H groups in total. The number of carbonyl (C=O) groups excluding carboxylic acids is 2. The molecule has 0 aromatic heterocycles. The number of benzene rings is 2. The number of aliphatic hydroxyl groups is 1. The Morgan fingerprint density at radius 1 is 1.12 bits per heavy atom. The number of nitrogens with one attached hydrogen (secondary N) is 2. The molecule has 1 atom stereocenters. The minimum absolute atomic E-state index is 0.125. The average Bonchev–Trinajstić information content (AvgIpc) is 2.76. The summed E-state index contributed by atoms with van der Waals surface area (Å²) in [4.78, 5) is 26.4. The second-order valence-electron chi connectivity index (χ2n) is 7.95. The van der Waals surface area contributed by atoms with Crippen molar-refractivity contribution in [3.63, 3.8) is 0 Å². The maximum Gasteiger partial charge on any atom is 0.313 e. The number of rotatable bonds is 6. The Kier molecular flexibility index (Phi) is 7.05. The first-order valence-electron chi connectivity index (χ1n) is 10.2. The van der Waals surface area contributed by atoms with Crippen molar-refractivity contribution in [3.8, 4) is 0 Å². The lowest BCUT2D eigenvalue weighted by Gasteiger charge is -2.29. The topological polar surface area (TPSA) is 119 Å². The molecule has 2 aromatic carbocycles. The number of amides is 2. The SMILES string of the molecule is CN(C)c1ccc(C(O)CNC(=O)C(=O)Nc2ccc3c(c2)N(S(C)(=O)=O)CCC3)cc1. The standard InChI is InChI=1S/C22H28N4O5S/c1-25(2)18-10-7-16(8-11-18)20(27)14-23-21(28)22(29)24-17-9-6-15-5-4-12-26(19(15)13-17)32(3,30)31/h6-11,13,20,27H,4-5,12,14H2,1-3H3,(H,23,28)(H,24,29). The maximum absolute atomic E-state index is 12.3. The molecule has 3 rings (SSSR count). The zero-order valence-corrected chi connectivity index (χ0v) is 19.1. The minimum Gasteiger partial charge on any atom is -0.387 e. The van der Waals surface area contributed by atoms with Crippen molar-refractivity contribution >= 4 is 38.9 Å². The summed E-state index contributed by atoms with van der Waals surface area (Å²) >= 11 is 0. The molecule has 0 saturated carbocycles. The number of anilines is 3. The first-order chi connectivity index (χ1) is 15.1. The van der Waals surface area contributed by atoms with E-state index in [-0.39, 0.29) is 6.54 Å². The van der Waals surface area contributed by atoms with E-state index in [2.05, 4.69) is 10.6 Å². The van der Waals surface area contributed by atoms with Crippen LogP contribution in [0.15, 0.2) is 42.5 Å². The number of fused-ring (bicyclic) bond motifs is 1. The molecule has 1 aliphatic heterocycles. The lowest BCUT2D eigenvalue weighted by Crippen LogP contribution is -2.38. The summed E-state index contributed by atoms with van der Waals surface area (Å²) in [5.74, 6) is -1.80. The van der Waals surface area contributed by atoms with Gasteiger partial charge in [0.2, 0.25) is 10.0 Å². The number of hydrogen-bond donors (Lipinski definition) is 3. The highest BCUT2D eigenvalue weighted by Crippen LogP contribution is 2.31. The van der Waals surface area contributed by atoms with Gasteiger partial charge in [-0.3, -0.25) is 13.9 Å². The van der Waals surface area contributed by atoms with Crippen LogP contribution in [0.1, 0.15) is 23.7 Å². The minimum atomic E-state index is -3.44. The summed E-state index contributed by atoms with van der Waals surface area (Å²) in [5.41, 5.74) is 3.29. The second-order valence-corrected chi connectivity index (χ2v) is 9.85. The molecule has 2 amide bonds. The fraction of sp³-hybridized carbons (Fsp3) is 0.364. The summed E-state index contributed by atoms with van der Waals surface area (Å²) in [6, 6.07) is 12.2. The van der Waals surface area contributed by atoms with Crippen molar-refractivity contribution < 1.29 is 23.1 Å². The molecule has 2 aromatic rings. The first-order valence-corrected chi connectivity index (χ1v) is 12.1. The molecular weight excluding hydrogens is 432 g/mol. The van der Waals surface area contributed by atoms with E-state index in [0.29, 0.717) is 29.9 Å². The van der Waals surface area contributed by atoms with Crippen LogP contribution in [0.25, 0.3) is 0 Å². The number of nitrogens with zero attached hydrogens (tertiary/aromatic N) is 2. The van der Waals surface area contributed by atoms with Gasteiger partial charge in [0.05, 0.1) is 18.0 Å². The van der Waals surface area contributed by atoms with Crippen molar-refractivity contribution in [2.45, 2.75) is 18.9 Å². The molecule has 172 valence electrons. The lowest BCUT2D eigenvalue weighted by atomic mass is 10.0. The van der Waals surface area contributed by atoms with E-state index in [9.17, 15) is 23.1 Å². The molecule has 1 aliphatic rings. The summed E-state index contributed by atoms with van der Waals surface area (Å²) in [5, 5.41) is 15.2. The zero-order valence-electron chi connectivity index (χ0n) is 18.3. The Morgan fingerprint density at radius 2 is 1.81 bits per heavy atom. The van der Waals surface area contributed by atoms with Crippen molar-refractivity contribution in [1.82, 2.24) is 5.32 Å². The summed E-state index contributed by atoms with van der Waals surface area (Å²) < 4.78 is 25.4. The zero-order chi connectivity index (χ0) is 23.5. The van der Waals surface area contributed by atoms with Gasteiger partial charge in [0.15, 0.2) is 0 Å². The molecule has 10 heteroatoms. The molecule has 1 heterocycles. The molecule has 0 radical (unpaired) electrons. The van der Waals surface area contributed by atoms with Crippen molar-refractivity contribution in [2.75, 3.05) is 48.0 Å². The Morgan fingerprint density at radius 3 is 2.44 bits per heavy atom. The molecule has 9 nitrogen and oxygen atoms in total. The number of hydrogen-bond acceptors (Lipinski definition) is 6. The van der Waals surface area contributed by atoms with Crippen LogP contribution in [0.2, 0.25) is 0 Å². The van der Waals surface area contributed by atoms with Gasteiger partial charge in [0.1, 0.15) is 0 Å². The van der Waals surface area contributed by atoms with E-state index in [1.807, 2.05) is 31.1 Å². The maximum atomic E-state index is 12.3. The van der Waals surface area contributed by atoms with Crippen LogP contribution < -0.4 is 19.8 Å². The van der Waals surface area contributed by atoms with Crippen LogP contribution in [-0.2, 0) is 26.0 Å². The van der Waals surface area contributed by atoms with E-state index >= 15 is 0 Å². The highest BCUT2D eigenvalue weighted by Gasteiger charge is 2.25. The molecule has 0 saturated heterocycles. The monoisotopic (exact) mass is 460 g/mol. The largest absolute Gasteiger partial charge is 0.387 e. The molecule has 0 fully saturated rings. The third-order valence-corrected chi connectivity index (χ3v) is 6.46. The van der Waals surface area contributed by atoms with Crippen LogP contribution in [0.4, 0.5) is 17.1 Å². The normalized spacial score (nSPS) is 14.3. The van der Waals surface area contributed by atoms with Crippen molar-refractivity contribution in [1.29, 1.82) is 0 Å². The highest BCUT2D eigenvalue weighted by atomic mass is 32.2. The Balaban J connectivity index is 1.60. The van der Waals surface area contributed by atoms with Crippen LogP contribution in [0.5, 0.6) is 0 Å². The number of aryl methyl sites for hydroxylation is 1. The van der Waals surface area contributed by atoms with Crippen molar-refractivity contribution in [3.05, 3.63) is 53.6 Å². The van der Waals surface area contributed by atoms with E-state index in [1.165, 1.54) is 4.31 Å². The molecule has 0 spiro atoms. The predicted octanol–water partition coefficient (Wildman–Crippen LogP) is 1.25. The fourth-order valence-electron chi connectivity index (χ4n) is 3.53. The average molecular weight is 461 g/mol. The Labute approximate surface area is 188 Å². The van der Waals surface area contributed by atoms with E-state index < -0.39 is 27.9 Å². The van der Waals surface area contributed by atoms with Gasteiger partial charge in [-0.25, -0.2) is 8.42 Å². The number of sulfonamides is 1. The fourth-order valence-corrected chi connectivity index (χ4v) is 4.52. The van der Waals surface area contributed by atoms with Gasteiger partial charge in [-0.2, -0.15) is 0 Å². The van der Waals surface area contributed by atoms with E-state index in [1.54, 1.807) is 30.3 Å².